The van der Waals surface area contributed by atoms with Crippen LogP contribution in [0.3, 0.4) is 0 Å². The fraction of sp³-hybridized carbons (Fsp3) is 0.269. The second-order valence-electron chi connectivity index (χ2n) is 8.50. The highest BCUT2D eigenvalue weighted by atomic mass is 16.5. The summed E-state index contributed by atoms with van der Waals surface area (Å²) in [4.78, 5) is 40.8. The van der Waals surface area contributed by atoms with E-state index in [9.17, 15) is 19.5 Å². The highest BCUT2D eigenvalue weighted by Crippen LogP contribution is 2.28. The van der Waals surface area contributed by atoms with Crippen LogP contribution in [0, 0.1) is 0 Å². The molecule has 0 radical (unpaired) electrons. The first-order valence-electron chi connectivity index (χ1n) is 11.0. The van der Waals surface area contributed by atoms with Crippen molar-refractivity contribution in [2.24, 2.45) is 0 Å². The Kier molecular flexibility index (Phi) is 5.56. The molecule has 2 saturated heterocycles. The van der Waals surface area contributed by atoms with Crippen LogP contribution in [0.2, 0.25) is 0 Å². The summed E-state index contributed by atoms with van der Waals surface area (Å²) >= 11 is 0. The molecule has 2 amide bonds. The van der Waals surface area contributed by atoms with Crippen LogP contribution in [0.15, 0.2) is 66.7 Å². The zero-order chi connectivity index (χ0) is 22.9. The maximum atomic E-state index is 13.6. The van der Waals surface area contributed by atoms with Gasteiger partial charge in [0.1, 0.15) is 24.4 Å². The molecular formula is C26H24N2O5. The molecule has 2 heterocycles. The molecule has 0 aromatic heterocycles. The molecular weight excluding hydrogens is 420 g/mol. The van der Waals surface area contributed by atoms with Gasteiger partial charge in [-0.25, -0.2) is 0 Å². The topological polar surface area (TPSA) is 95.9 Å². The van der Waals surface area contributed by atoms with Gasteiger partial charge in [0.15, 0.2) is 5.78 Å². The molecule has 7 heteroatoms. The zero-order valence-electron chi connectivity index (χ0n) is 17.9. The third-order valence-electron chi connectivity index (χ3n) is 6.41. The van der Waals surface area contributed by atoms with E-state index in [2.05, 4.69) is 5.32 Å². The molecule has 0 unspecified atom stereocenters. The number of likely N-dealkylation sites (tertiary alicyclic amines) is 1. The molecule has 33 heavy (non-hydrogen) atoms. The fourth-order valence-corrected chi connectivity index (χ4v) is 4.77. The van der Waals surface area contributed by atoms with Gasteiger partial charge in [-0.05, 0) is 41.0 Å². The smallest absolute Gasteiger partial charge is 0.252 e. The molecule has 2 aliphatic heterocycles. The number of amides is 2. The molecule has 3 aromatic rings. The van der Waals surface area contributed by atoms with Crippen molar-refractivity contribution in [3.63, 3.8) is 0 Å². The molecule has 0 bridgehead atoms. The number of nitrogens with one attached hydrogen (secondary N) is 1. The molecule has 7 nitrogen and oxygen atoms in total. The van der Waals surface area contributed by atoms with Gasteiger partial charge in [-0.1, -0.05) is 48.5 Å². The van der Waals surface area contributed by atoms with Crippen LogP contribution in [-0.2, 0) is 20.7 Å². The first-order valence-corrected chi connectivity index (χ1v) is 11.0. The molecule has 2 fully saturated rings. The van der Waals surface area contributed by atoms with E-state index in [0.717, 1.165) is 16.3 Å². The SMILES string of the molecule is O=C(N[C@@H](Cc1ccc(O)cc1)C(=O)N1CC[C@H]2OCC(=O)[C@H]21)c1cccc2ccccc12. The van der Waals surface area contributed by atoms with Crippen molar-refractivity contribution in [3.05, 3.63) is 77.9 Å². The van der Waals surface area contributed by atoms with Crippen molar-refractivity contribution in [2.45, 2.75) is 31.0 Å². The summed E-state index contributed by atoms with van der Waals surface area (Å²) in [5.74, 6) is -0.635. The number of phenolic OH excluding ortho intramolecular Hbond substituents is 1. The molecule has 0 aliphatic carbocycles. The molecule has 2 aliphatic rings. The number of aromatic hydroxyl groups is 1. The van der Waals surface area contributed by atoms with Crippen LogP contribution in [-0.4, -0.2) is 58.9 Å². The highest BCUT2D eigenvalue weighted by molar-refractivity contribution is 6.08. The minimum Gasteiger partial charge on any atom is -0.508 e. The van der Waals surface area contributed by atoms with Crippen molar-refractivity contribution >= 4 is 28.4 Å². The number of fused-ring (bicyclic) bond motifs is 2. The molecule has 5 rings (SSSR count). The number of hydrogen-bond donors (Lipinski definition) is 2. The predicted molar refractivity (Wildman–Crippen MR) is 122 cm³/mol. The number of benzene rings is 3. The second kappa shape index (κ2) is 8.67. The number of carbonyl (C=O) groups is 3. The molecule has 0 saturated carbocycles. The highest BCUT2D eigenvalue weighted by Gasteiger charge is 2.48. The zero-order valence-corrected chi connectivity index (χ0v) is 17.9. The van der Waals surface area contributed by atoms with E-state index in [0.29, 0.717) is 18.5 Å². The second-order valence-corrected chi connectivity index (χ2v) is 8.50. The maximum absolute atomic E-state index is 13.6. The Morgan fingerprint density at radius 3 is 2.64 bits per heavy atom. The predicted octanol–water partition coefficient (Wildman–Crippen LogP) is 2.46. The van der Waals surface area contributed by atoms with Crippen molar-refractivity contribution in [1.29, 1.82) is 0 Å². The van der Waals surface area contributed by atoms with Gasteiger partial charge in [-0.2, -0.15) is 0 Å². The normalized spacial score (nSPS) is 20.6. The van der Waals surface area contributed by atoms with Gasteiger partial charge in [-0.15, -0.1) is 0 Å². The van der Waals surface area contributed by atoms with Gasteiger partial charge in [-0.3, -0.25) is 14.4 Å². The van der Waals surface area contributed by atoms with Crippen molar-refractivity contribution in [1.82, 2.24) is 10.2 Å². The fourth-order valence-electron chi connectivity index (χ4n) is 4.77. The largest absolute Gasteiger partial charge is 0.508 e. The Labute approximate surface area is 191 Å². The number of carbonyl (C=O) groups excluding carboxylic acids is 3. The van der Waals surface area contributed by atoms with Crippen LogP contribution in [0.1, 0.15) is 22.3 Å². The Hall–Kier alpha value is -3.71. The summed E-state index contributed by atoms with van der Waals surface area (Å²) in [7, 11) is 0. The molecule has 168 valence electrons. The Morgan fingerprint density at radius 2 is 1.82 bits per heavy atom. The minimum absolute atomic E-state index is 0.0180. The Bertz CT molecular complexity index is 1220. The number of rotatable bonds is 5. The first kappa shape index (κ1) is 21.2. The number of nitrogens with zero attached hydrogens (tertiary/aromatic N) is 1. The van der Waals surface area contributed by atoms with Crippen molar-refractivity contribution in [3.8, 4) is 5.75 Å². The van der Waals surface area contributed by atoms with Crippen molar-refractivity contribution in [2.75, 3.05) is 13.2 Å². The van der Waals surface area contributed by atoms with Crippen LogP contribution in [0.5, 0.6) is 5.75 Å². The monoisotopic (exact) mass is 444 g/mol. The van der Waals surface area contributed by atoms with Gasteiger partial charge in [0.25, 0.3) is 5.91 Å². The Balaban J connectivity index is 1.44. The number of hydrogen-bond acceptors (Lipinski definition) is 5. The lowest BCUT2D eigenvalue weighted by atomic mass is 10.0. The van der Waals surface area contributed by atoms with Gasteiger partial charge in [0.2, 0.25) is 5.91 Å². The molecule has 0 spiro atoms. The Morgan fingerprint density at radius 1 is 1.06 bits per heavy atom. The first-order chi connectivity index (χ1) is 16.0. The van der Waals surface area contributed by atoms with Crippen LogP contribution in [0.4, 0.5) is 0 Å². The van der Waals surface area contributed by atoms with Gasteiger partial charge in [0, 0.05) is 18.5 Å². The van der Waals surface area contributed by atoms with Gasteiger partial charge < -0.3 is 20.1 Å². The van der Waals surface area contributed by atoms with Gasteiger partial charge in [0.05, 0.1) is 6.10 Å². The molecule has 2 N–H and O–H groups in total. The third kappa shape index (κ3) is 4.07. The summed E-state index contributed by atoms with van der Waals surface area (Å²) < 4.78 is 5.52. The number of ether oxygens (including phenoxy) is 1. The lowest BCUT2D eigenvalue weighted by molar-refractivity contribution is -0.138. The average molecular weight is 444 g/mol. The van der Waals surface area contributed by atoms with E-state index in [-0.39, 0.29) is 42.5 Å². The summed E-state index contributed by atoms with van der Waals surface area (Å²) in [5.41, 5.74) is 1.27. The van der Waals surface area contributed by atoms with E-state index < -0.39 is 12.1 Å². The van der Waals surface area contributed by atoms with E-state index in [1.54, 1.807) is 35.2 Å². The van der Waals surface area contributed by atoms with Crippen LogP contribution >= 0.6 is 0 Å². The van der Waals surface area contributed by atoms with E-state index >= 15 is 0 Å². The minimum atomic E-state index is -0.867. The summed E-state index contributed by atoms with van der Waals surface area (Å²) in [6.45, 7) is 0.431. The summed E-state index contributed by atoms with van der Waals surface area (Å²) in [6.07, 6.45) is 0.564. The quantitative estimate of drug-likeness (QED) is 0.630. The van der Waals surface area contributed by atoms with E-state index in [1.807, 2.05) is 36.4 Å². The van der Waals surface area contributed by atoms with Crippen LogP contribution < -0.4 is 5.32 Å². The van der Waals surface area contributed by atoms with Crippen molar-refractivity contribution < 1.29 is 24.2 Å². The standard InChI is InChI=1S/C26H24N2O5/c29-18-10-8-16(9-11-18)14-21(26(32)28-13-12-23-24(28)22(30)15-33-23)27-25(31)20-7-3-5-17-4-1-2-6-19(17)20/h1-11,21,23-24,29H,12-15H2,(H,27,31)/t21-,23+,24+/m0/s1. The van der Waals surface area contributed by atoms with Crippen LogP contribution in [0.25, 0.3) is 10.8 Å². The molecule has 3 aromatic carbocycles. The molecule has 3 atom stereocenters. The average Bonchev–Trinajstić information content (AvgIpc) is 3.42. The van der Waals surface area contributed by atoms with E-state index in [1.165, 1.54) is 0 Å². The van der Waals surface area contributed by atoms with Gasteiger partial charge >= 0.3 is 0 Å². The summed E-state index contributed by atoms with van der Waals surface area (Å²) in [6, 6.07) is 18.1. The van der Waals surface area contributed by atoms with E-state index in [4.69, 9.17) is 4.74 Å². The lowest BCUT2D eigenvalue weighted by Gasteiger charge is -2.28. The maximum Gasteiger partial charge on any atom is 0.252 e. The number of ketones is 1. The lowest BCUT2D eigenvalue weighted by Crippen LogP contribution is -2.53. The third-order valence-corrected chi connectivity index (χ3v) is 6.41. The number of phenols is 1. The summed E-state index contributed by atoms with van der Waals surface area (Å²) in [5, 5.41) is 14.3. The number of Topliss-reactive ketones (excluding diaryl/α,β-unsaturated/α-hetero) is 1.